The number of nitrogens with zero attached hydrogens (tertiary/aromatic N) is 4. The van der Waals surface area contributed by atoms with E-state index >= 15 is 0 Å². The van der Waals surface area contributed by atoms with Crippen molar-refractivity contribution >= 4 is 29.0 Å². The van der Waals surface area contributed by atoms with Gasteiger partial charge in [0.2, 0.25) is 5.91 Å². The molecular formula is C24H31N5O3S. The predicted molar refractivity (Wildman–Crippen MR) is 134 cm³/mol. The molecule has 0 saturated carbocycles. The average Bonchev–Trinajstić information content (AvgIpc) is 3.26. The van der Waals surface area contributed by atoms with E-state index in [0.29, 0.717) is 28.9 Å². The molecule has 1 heterocycles. The van der Waals surface area contributed by atoms with Crippen molar-refractivity contribution in [2.75, 3.05) is 43.3 Å². The molecule has 0 radical (unpaired) electrons. The van der Waals surface area contributed by atoms with Crippen LogP contribution in [0.25, 0.3) is 11.4 Å². The van der Waals surface area contributed by atoms with E-state index in [1.807, 2.05) is 11.5 Å². The number of aromatic nitrogens is 3. The van der Waals surface area contributed by atoms with E-state index in [0.717, 1.165) is 24.5 Å². The second-order valence-electron chi connectivity index (χ2n) is 7.21. The third-order valence-corrected chi connectivity index (χ3v) is 6.22. The Morgan fingerprint density at radius 3 is 2.18 bits per heavy atom. The Kier molecular flexibility index (Phi) is 8.59. The Labute approximate surface area is 199 Å². The summed E-state index contributed by atoms with van der Waals surface area (Å²) in [7, 11) is 3.14. The first-order chi connectivity index (χ1) is 16.0. The van der Waals surface area contributed by atoms with Gasteiger partial charge in [0.1, 0.15) is 11.5 Å². The number of ether oxygens (including phenoxy) is 2. The number of nitrogens with one attached hydrogen (secondary N) is 1. The third-order valence-electron chi connectivity index (χ3n) is 5.25. The largest absolute Gasteiger partial charge is 0.497 e. The van der Waals surface area contributed by atoms with Crippen molar-refractivity contribution in [3.05, 3.63) is 42.5 Å². The van der Waals surface area contributed by atoms with Gasteiger partial charge in [0, 0.05) is 54.8 Å². The van der Waals surface area contributed by atoms with Crippen LogP contribution in [0.2, 0.25) is 0 Å². The van der Waals surface area contributed by atoms with Crippen LogP contribution in [-0.4, -0.2) is 53.7 Å². The van der Waals surface area contributed by atoms with Gasteiger partial charge in [0.05, 0.1) is 20.0 Å². The van der Waals surface area contributed by atoms with Crippen LogP contribution in [0.5, 0.6) is 11.5 Å². The van der Waals surface area contributed by atoms with Crippen molar-refractivity contribution in [1.29, 1.82) is 0 Å². The maximum absolute atomic E-state index is 12.5. The molecule has 0 aliphatic rings. The second kappa shape index (κ2) is 11.6. The van der Waals surface area contributed by atoms with E-state index in [4.69, 9.17) is 9.47 Å². The Bertz CT molecular complexity index is 1040. The third kappa shape index (κ3) is 5.98. The molecule has 0 atom stereocenters. The molecule has 1 amide bonds. The summed E-state index contributed by atoms with van der Waals surface area (Å²) in [6.45, 7) is 8.98. The molecule has 1 N–H and O–H groups in total. The highest BCUT2D eigenvalue weighted by atomic mass is 32.2. The molecule has 0 spiro atoms. The standard InChI is InChI=1S/C24H31N5O3S/c1-6-28(7-2)19-11-9-17(10-12-19)23-26-27-24(29(23)8-3)33-16-22(30)25-18-13-20(31-4)15-21(14-18)32-5/h9-15H,6-8,16H2,1-5H3,(H,25,30). The van der Waals surface area contributed by atoms with E-state index in [9.17, 15) is 4.79 Å². The number of hydrogen-bond donors (Lipinski definition) is 1. The molecule has 0 unspecified atom stereocenters. The van der Waals surface area contributed by atoms with Crippen molar-refractivity contribution in [3.8, 4) is 22.9 Å². The summed E-state index contributed by atoms with van der Waals surface area (Å²) < 4.78 is 12.5. The first-order valence-electron chi connectivity index (χ1n) is 11.0. The average molecular weight is 470 g/mol. The fraction of sp³-hybridized carbons (Fsp3) is 0.375. The zero-order chi connectivity index (χ0) is 23.8. The molecule has 0 fully saturated rings. The number of carbonyl (C=O) groups is 1. The lowest BCUT2D eigenvalue weighted by Crippen LogP contribution is -2.21. The maximum atomic E-state index is 12.5. The number of thioether (sulfide) groups is 1. The fourth-order valence-corrected chi connectivity index (χ4v) is 4.31. The Morgan fingerprint density at radius 1 is 1.00 bits per heavy atom. The van der Waals surface area contributed by atoms with E-state index in [1.54, 1.807) is 32.4 Å². The summed E-state index contributed by atoms with van der Waals surface area (Å²) in [4.78, 5) is 14.8. The highest BCUT2D eigenvalue weighted by Gasteiger charge is 2.15. The van der Waals surface area contributed by atoms with E-state index < -0.39 is 0 Å². The number of carbonyl (C=O) groups excluding carboxylic acids is 1. The summed E-state index contributed by atoms with van der Waals surface area (Å²) in [6, 6.07) is 13.6. The first kappa shape index (κ1) is 24.4. The molecule has 3 rings (SSSR count). The molecule has 2 aromatic carbocycles. The van der Waals surface area contributed by atoms with Gasteiger partial charge in [-0.2, -0.15) is 0 Å². The van der Waals surface area contributed by atoms with Gasteiger partial charge in [0.15, 0.2) is 11.0 Å². The van der Waals surface area contributed by atoms with E-state index in [1.165, 1.54) is 17.4 Å². The topological polar surface area (TPSA) is 81.5 Å². The number of methoxy groups -OCH3 is 2. The van der Waals surface area contributed by atoms with Crippen LogP contribution in [0.15, 0.2) is 47.6 Å². The van der Waals surface area contributed by atoms with Crippen molar-refractivity contribution < 1.29 is 14.3 Å². The molecule has 0 aliphatic heterocycles. The Hall–Kier alpha value is -3.20. The number of benzene rings is 2. The second-order valence-corrected chi connectivity index (χ2v) is 8.15. The molecule has 0 bridgehead atoms. The minimum Gasteiger partial charge on any atom is -0.497 e. The van der Waals surface area contributed by atoms with E-state index in [2.05, 4.69) is 58.5 Å². The zero-order valence-corrected chi connectivity index (χ0v) is 20.6. The van der Waals surface area contributed by atoms with Gasteiger partial charge in [0.25, 0.3) is 0 Å². The minimum absolute atomic E-state index is 0.147. The summed E-state index contributed by atoms with van der Waals surface area (Å²) in [5.41, 5.74) is 2.80. The van der Waals surface area contributed by atoms with Crippen molar-refractivity contribution in [2.24, 2.45) is 0 Å². The van der Waals surface area contributed by atoms with Gasteiger partial charge >= 0.3 is 0 Å². The molecule has 0 saturated heterocycles. The smallest absolute Gasteiger partial charge is 0.234 e. The van der Waals surface area contributed by atoms with Crippen LogP contribution in [0.3, 0.4) is 0 Å². The molecule has 9 heteroatoms. The lowest BCUT2D eigenvalue weighted by atomic mass is 10.2. The van der Waals surface area contributed by atoms with Crippen molar-refractivity contribution in [1.82, 2.24) is 14.8 Å². The van der Waals surface area contributed by atoms with Gasteiger partial charge < -0.3 is 24.3 Å². The van der Waals surface area contributed by atoms with Crippen LogP contribution in [0, 0.1) is 0 Å². The van der Waals surface area contributed by atoms with Crippen LogP contribution in [0.1, 0.15) is 20.8 Å². The molecule has 176 valence electrons. The van der Waals surface area contributed by atoms with Crippen LogP contribution >= 0.6 is 11.8 Å². The molecule has 3 aromatic rings. The van der Waals surface area contributed by atoms with Gasteiger partial charge in [-0.25, -0.2) is 0 Å². The molecular weight excluding hydrogens is 438 g/mol. The monoisotopic (exact) mass is 469 g/mol. The summed E-state index contributed by atoms with van der Waals surface area (Å²) in [6.07, 6.45) is 0. The number of anilines is 2. The highest BCUT2D eigenvalue weighted by molar-refractivity contribution is 7.99. The summed E-state index contributed by atoms with van der Waals surface area (Å²) in [5, 5.41) is 12.3. The fourth-order valence-electron chi connectivity index (χ4n) is 3.51. The van der Waals surface area contributed by atoms with Crippen molar-refractivity contribution in [3.63, 3.8) is 0 Å². The van der Waals surface area contributed by atoms with Gasteiger partial charge in [-0.3, -0.25) is 4.79 Å². The lowest BCUT2D eigenvalue weighted by molar-refractivity contribution is -0.113. The van der Waals surface area contributed by atoms with E-state index in [-0.39, 0.29) is 11.7 Å². The predicted octanol–water partition coefficient (Wildman–Crippen LogP) is 4.56. The normalized spacial score (nSPS) is 10.7. The minimum atomic E-state index is -0.147. The highest BCUT2D eigenvalue weighted by Crippen LogP contribution is 2.28. The number of rotatable bonds is 11. The first-order valence-corrected chi connectivity index (χ1v) is 12.0. The Balaban J connectivity index is 1.69. The van der Waals surface area contributed by atoms with Gasteiger partial charge in [-0.1, -0.05) is 11.8 Å². The van der Waals surface area contributed by atoms with Crippen LogP contribution in [-0.2, 0) is 11.3 Å². The summed E-state index contributed by atoms with van der Waals surface area (Å²) >= 11 is 1.36. The number of hydrogen-bond acceptors (Lipinski definition) is 7. The lowest BCUT2D eigenvalue weighted by Gasteiger charge is -2.21. The number of amides is 1. The quantitative estimate of drug-likeness (QED) is 0.412. The molecule has 1 aromatic heterocycles. The molecule has 0 aliphatic carbocycles. The van der Waals surface area contributed by atoms with Crippen molar-refractivity contribution in [2.45, 2.75) is 32.5 Å². The van der Waals surface area contributed by atoms with Crippen LogP contribution < -0.4 is 19.7 Å². The summed E-state index contributed by atoms with van der Waals surface area (Å²) in [5.74, 6) is 2.08. The molecule has 8 nitrogen and oxygen atoms in total. The zero-order valence-electron chi connectivity index (χ0n) is 19.8. The van der Waals surface area contributed by atoms with Gasteiger partial charge in [-0.05, 0) is 45.0 Å². The Morgan fingerprint density at radius 2 is 1.64 bits per heavy atom. The van der Waals surface area contributed by atoms with Gasteiger partial charge in [-0.15, -0.1) is 10.2 Å². The van der Waals surface area contributed by atoms with Crippen LogP contribution in [0.4, 0.5) is 11.4 Å². The maximum Gasteiger partial charge on any atom is 0.234 e. The molecule has 33 heavy (non-hydrogen) atoms. The SMILES string of the molecule is CCN(CC)c1ccc(-c2nnc(SCC(=O)Nc3cc(OC)cc(OC)c3)n2CC)cc1.